The van der Waals surface area contributed by atoms with Crippen LogP contribution < -0.4 is 0 Å². The van der Waals surface area contributed by atoms with Gasteiger partial charge in [-0.25, -0.2) is 0 Å². The summed E-state index contributed by atoms with van der Waals surface area (Å²) < 4.78 is 18.7. The maximum atomic E-state index is 13.7. The Morgan fingerprint density at radius 3 is 3.04 bits per heavy atom. The van der Waals surface area contributed by atoms with Crippen molar-refractivity contribution in [2.24, 2.45) is 11.1 Å². The zero-order chi connectivity index (χ0) is 18.9. The van der Waals surface area contributed by atoms with Gasteiger partial charge in [-0.05, 0) is 26.2 Å². The number of halogens is 2. The fourth-order valence-electron chi connectivity index (χ4n) is 3.74. The number of fused-ring (bicyclic) bond motifs is 1. The summed E-state index contributed by atoms with van der Waals surface area (Å²) in [6.45, 7) is 2.05. The minimum atomic E-state index is -0.997. The number of nitro benzene ring substituents is 1. The van der Waals surface area contributed by atoms with Gasteiger partial charge in [-0.3, -0.25) is 14.9 Å². The van der Waals surface area contributed by atoms with Gasteiger partial charge in [0.15, 0.2) is 0 Å². The molecule has 1 aliphatic heterocycles. The maximum Gasteiger partial charge on any atom is 0.305 e. The largest absolute Gasteiger partial charge is 0.466 e. The van der Waals surface area contributed by atoms with Gasteiger partial charge in [-0.1, -0.05) is 16.8 Å². The number of carbonyl (C=O) groups is 1. The van der Waals surface area contributed by atoms with E-state index < -0.39 is 22.0 Å². The van der Waals surface area contributed by atoms with Crippen molar-refractivity contribution < 1.29 is 23.7 Å². The molecule has 0 amide bonds. The Hall–Kier alpha value is -2.22. The number of hydrogen-bond acceptors (Lipinski definition) is 6. The monoisotopic (exact) mass is 384 g/mol. The first-order valence-electron chi connectivity index (χ1n) is 8.43. The first-order chi connectivity index (χ1) is 12.4. The molecule has 1 aromatic carbocycles. The smallest absolute Gasteiger partial charge is 0.305 e. The molecule has 7 nitrogen and oxygen atoms in total. The quantitative estimate of drug-likeness (QED) is 0.420. The van der Waals surface area contributed by atoms with Crippen molar-refractivity contribution in [3.05, 3.63) is 38.7 Å². The summed E-state index contributed by atoms with van der Waals surface area (Å²) in [5.41, 5.74) is -0.535. The van der Waals surface area contributed by atoms with Gasteiger partial charge >= 0.3 is 11.7 Å². The first-order valence-corrected chi connectivity index (χ1v) is 8.81. The molecule has 0 bridgehead atoms. The van der Waals surface area contributed by atoms with Gasteiger partial charge in [0.25, 0.3) is 0 Å². The second kappa shape index (κ2) is 7.19. The summed E-state index contributed by atoms with van der Waals surface area (Å²) in [5.74, 6) is -1.46. The molecule has 0 radical (unpaired) electrons. The van der Waals surface area contributed by atoms with Crippen LogP contribution in [0.2, 0.25) is 5.02 Å². The number of ether oxygens (including phenoxy) is 1. The number of carbonyl (C=O) groups excluding carboxylic acids is 1. The molecule has 3 rings (SSSR count). The summed E-state index contributed by atoms with van der Waals surface area (Å²) in [6.07, 6.45) is 2.97. The number of benzene rings is 1. The highest BCUT2D eigenvalue weighted by atomic mass is 35.5. The third-order valence-corrected chi connectivity index (χ3v) is 5.26. The van der Waals surface area contributed by atoms with Crippen LogP contribution in [0.4, 0.5) is 10.1 Å². The lowest BCUT2D eigenvalue weighted by Gasteiger charge is -2.26. The molecule has 0 saturated heterocycles. The van der Waals surface area contributed by atoms with Crippen LogP contribution in [0.15, 0.2) is 17.3 Å². The SMILES string of the molecule is CCOC(=O)CCC12CCCC1C(c1cc([N+](=O)[O-])c(F)cc1Cl)=NO2. The lowest BCUT2D eigenvalue weighted by molar-refractivity contribution is -0.387. The Morgan fingerprint density at radius 1 is 1.58 bits per heavy atom. The van der Waals surface area contributed by atoms with E-state index in [1.165, 1.54) is 0 Å². The van der Waals surface area contributed by atoms with Crippen LogP contribution in [0.3, 0.4) is 0 Å². The molecule has 0 N–H and O–H groups in total. The highest BCUT2D eigenvalue weighted by molar-refractivity contribution is 6.34. The molecule has 0 aromatic heterocycles. The number of nitrogens with zero attached hydrogens (tertiary/aromatic N) is 2. The van der Waals surface area contributed by atoms with Gasteiger partial charge in [0.2, 0.25) is 5.82 Å². The first kappa shape index (κ1) is 18.6. The standard InChI is InChI=1S/C17H18ClFN2O5/c1-2-25-15(22)5-7-17-6-3-4-11(17)16(20-26-17)10-8-14(21(23)24)13(19)9-12(10)18/h8-9,11H,2-7H2,1H3. The Morgan fingerprint density at radius 2 is 2.35 bits per heavy atom. The lowest BCUT2D eigenvalue weighted by Crippen LogP contribution is -2.35. The fourth-order valence-corrected chi connectivity index (χ4v) is 3.99. The van der Waals surface area contributed by atoms with E-state index in [1.807, 2.05) is 0 Å². The summed E-state index contributed by atoms with van der Waals surface area (Å²) in [5, 5.41) is 15.2. The van der Waals surface area contributed by atoms with Gasteiger partial charge in [-0.15, -0.1) is 0 Å². The van der Waals surface area contributed by atoms with Crippen molar-refractivity contribution in [3.63, 3.8) is 0 Å². The number of hydrogen-bond donors (Lipinski definition) is 0. The Bertz CT molecular complexity index is 785. The van der Waals surface area contributed by atoms with Crippen molar-refractivity contribution in [1.82, 2.24) is 0 Å². The van der Waals surface area contributed by atoms with E-state index in [9.17, 15) is 19.3 Å². The van der Waals surface area contributed by atoms with Crippen molar-refractivity contribution in [3.8, 4) is 0 Å². The van der Waals surface area contributed by atoms with Crippen LogP contribution in [0.25, 0.3) is 0 Å². The molecule has 26 heavy (non-hydrogen) atoms. The van der Waals surface area contributed by atoms with E-state index in [0.717, 1.165) is 25.0 Å². The topological polar surface area (TPSA) is 91.0 Å². The maximum absolute atomic E-state index is 13.7. The second-order valence-corrected chi connectivity index (χ2v) is 6.83. The van der Waals surface area contributed by atoms with E-state index in [4.69, 9.17) is 21.2 Å². The van der Waals surface area contributed by atoms with Gasteiger partial charge < -0.3 is 9.57 Å². The van der Waals surface area contributed by atoms with E-state index in [-0.39, 0.29) is 23.3 Å². The van der Waals surface area contributed by atoms with Crippen LogP contribution in [-0.4, -0.2) is 28.8 Å². The molecule has 2 unspecified atom stereocenters. The van der Waals surface area contributed by atoms with E-state index in [0.29, 0.717) is 30.7 Å². The highest BCUT2D eigenvalue weighted by Crippen LogP contribution is 2.49. The van der Waals surface area contributed by atoms with Crippen molar-refractivity contribution in [2.75, 3.05) is 6.61 Å². The van der Waals surface area contributed by atoms with Crippen molar-refractivity contribution in [1.29, 1.82) is 0 Å². The zero-order valence-electron chi connectivity index (χ0n) is 14.2. The van der Waals surface area contributed by atoms with Crippen molar-refractivity contribution >= 4 is 29.0 Å². The Labute approximate surface area is 154 Å². The van der Waals surface area contributed by atoms with Crippen LogP contribution >= 0.6 is 11.6 Å². The van der Waals surface area contributed by atoms with Crippen LogP contribution in [0.5, 0.6) is 0 Å². The molecule has 1 saturated carbocycles. The molecule has 1 heterocycles. The molecule has 2 aliphatic rings. The third-order valence-electron chi connectivity index (χ3n) is 4.95. The minimum Gasteiger partial charge on any atom is -0.466 e. The second-order valence-electron chi connectivity index (χ2n) is 6.42. The summed E-state index contributed by atoms with van der Waals surface area (Å²) in [7, 11) is 0. The Balaban J connectivity index is 1.86. The normalized spacial score (nSPS) is 24.0. The molecule has 1 fully saturated rings. The van der Waals surface area contributed by atoms with Crippen LogP contribution in [-0.2, 0) is 14.4 Å². The molecule has 2 atom stereocenters. The van der Waals surface area contributed by atoms with Gasteiger partial charge in [-0.2, -0.15) is 4.39 Å². The number of oxime groups is 1. The minimum absolute atomic E-state index is 0.0449. The number of rotatable bonds is 6. The summed E-state index contributed by atoms with van der Waals surface area (Å²) >= 11 is 6.12. The molecular weight excluding hydrogens is 367 g/mol. The number of esters is 1. The van der Waals surface area contributed by atoms with E-state index >= 15 is 0 Å². The zero-order valence-corrected chi connectivity index (χ0v) is 14.9. The van der Waals surface area contributed by atoms with Gasteiger partial charge in [0, 0.05) is 36.5 Å². The molecule has 0 spiro atoms. The predicted octanol–water partition coefficient (Wildman–Crippen LogP) is 4.00. The fraction of sp³-hybridized carbons (Fsp3) is 0.529. The Kier molecular flexibility index (Phi) is 5.13. The average molecular weight is 385 g/mol. The molecule has 1 aliphatic carbocycles. The molecule has 9 heteroatoms. The summed E-state index contributed by atoms with van der Waals surface area (Å²) in [4.78, 5) is 27.6. The van der Waals surface area contributed by atoms with Crippen LogP contribution in [0.1, 0.15) is 44.6 Å². The number of nitro groups is 1. The lowest BCUT2D eigenvalue weighted by atomic mass is 9.82. The third kappa shape index (κ3) is 3.25. The van der Waals surface area contributed by atoms with E-state index in [2.05, 4.69) is 5.16 Å². The van der Waals surface area contributed by atoms with Crippen molar-refractivity contribution in [2.45, 2.75) is 44.6 Å². The molecular formula is C17H18ClFN2O5. The van der Waals surface area contributed by atoms with Gasteiger partial charge in [0.1, 0.15) is 5.60 Å². The van der Waals surface area contributed by atoms with Crippen LogP contribution in [0, 0.1) is 21.8 Å². The predicted molar refractivity (Wildman–Crippen MR) is 91.6 cm³/mol. The molecule has 1 aromatic rings. The van der Waals surface area contributed by atoms with E-state index in [1.54, 1.807) is 6.92 Å². The summed E-state index contributed by atoms with van der Waals surface area (Å²) in [6, 6.07) is 2.02. The highest BCUT2D eigenvalue weighted by Gasteiger charge is 2.52. The molecule has 140 valence electrons. The average Bonchev–Trinajstić information content (AvgIpc) is 3.12. The van der Waals surface area contributed by atoms with Gasteiger partial charge in [0.05, 0.1) is 22.3 Å².